The SMILES string of the molecule is O=C1C(=O)c2cc3ccccc3cc2C(S(=O)(=O)O)=C1S(=O)(=O)O. The predicted molar refractivity (Wildman–Crippen MR) is 83.3 cm³/mol. The van der Waals surface area contributed by atoms with Gasteiger partial charge in [-0.05, 0) is 22.9 Å². The number of Topliss-reactive ketones (excluding diaryl/α,β-unsaturated/α-hetero) is 2. The Labute approximate surface area is 135 Å². The van der Waals surface area contributed by atoms with Crippen molar-refractivity contribution in [1.29, 1.82) is 0 Å². The monoisotopic (exact) mass is 368 g/mol. The van der Waals surface area contributed by atoms with Crippen LogP contribution in [0.4, 0.5) is 0 Å². The van der Waals surface area contributed by atoms with Gasteiger partial charge in [0.2, 0.25) is 11.6 Å². The van der Waals surface area contributed by atoms with Crippen molar-refractivity contribution in [2.75, 3.05) is 0 Å². The first-order valence-corrected chi connectivity index (χ1v) is 9.21. The minimum atomic E-state index is -5.37. The third-order valence-corrected chi connectivity index (χ3v) is 5.48. The second-order valence-electron chi connectivity index (χ2n) is 5.01. The molecule has 2 aromatic rings. The Morgan fingerprint density at radius 3 is 1.58 bits per heavy atom. The van der Waals surface area contributed by atoms with Crippen LogP contribution in [0.25, 0.3) is 15.7 Å². The summed E-state index contributed by atoms with van der Waals surface area (Å²) in [4.78, 5) is 21.2. The highest BCUT2D eigenvalue weighted by Crippen LogP contribution is 2.37. The Morgan fingerprint density at radius 2 is 1.12 bits per heavy atom. The number of hydrogen-bond donors (Lipinski definition) is 2. The number of carbonyl (C=O) groups is 2. The summed E-state index contributed by atoms with van der Waals surface area (Å²) in [5.74, 6) is -3.02. The minimum absolute atomic E-state index is 0.376. The topological polar surface area (TPSA) is 143 Å². The lowest BCUT2D eigenvalue weighted by Crippen LogP contribution is -2.30. The summed E-state index contributed by atoms with van der Waals surface area (Å²) >= 11 is 0. The molecule has 0 saturated carbocycles. The number of benzene rings is 2. The second kappa shape index (κ2) is 5.05. The molecular formula is C14H8O8S2. The van der Waals surface area contributed by atoms with E-state index in [1.807, 2.05) is 0 Å². The average Bonchev–Trinajstić information content (AvgIpc) is 2.46. The van der Waals surface area contributed by atoms with Crippen LogP contribution in [0.15, 0.2) is 41.3 Å². The van der Waals surface area contributed by atoms with Gasteiger partial charge in [-0.15, -0.1) is 0 Å². The minimum Gasteiger partial charge on any atom is -0.285 e. The van der Waals surface area contributed by atoms with Gasteiger partial charge in [-0.2, -0.15) is 16.8 Å². The molecule has 0 aliphatic heterocycles. The molecule has 1 aliphatic rings. The van der Waals surface area contributed by atoms with Crippen LogP contribution < -0.4 is 0 Å². The molecule has 8 nitrogen and oxygen atoms in total. The Morgan fingerprint density at radius 1 is 0.667 bits per heavy atom. The fourth-order valence-electron chi connectivity index (χ4n) is 2.56. The molecule has 24 heavy (non-hydrogen) atoms. The molecule has 0 heterocycles. The average molecular weight is 368 g/mol. The summed E-state index contributed by atoms with van der Waals surface area (Å²) in [6.45, 7) is 0. The third-order valence-electron chi connectivity index (χ3n) is 3.51. The highest BCUT2D eigenvalue weighted by molar-refractivity contribution is 7.98. The second-order valence-corrected chi connectivity index (χ2v) is 7.73. The van der Waals surface area contributed by atoms with Crippen molar-refractivity contribution in [2.24, 2.45) is 0 Å². The molecule has 124 valence electrons. The number of fused-ring (bicyclic) bond motifs is 2. The summed E-state index contributed by atoms with van der Waals surface area (Å²) in [7, 11) is -10.6. The molecule has 2 aromatic carbocycles. The molecule has 0 fully saturated rings. The van der Waals surface area contributed by atoms with Crippen molar-refractivity contribution in [3.63, 3.8) is 0 Å². The number of allylic oxidation sites excluding steroid dienone is 1. The fourth-order valence-corrected chi connectivity index (χ4v) is 4.63. The van der Waals surface area contributed by atoms with Gasteiger partial charge in [0.15, 0.2) is 4.91 Å². The molecule has 1 aliphatic carbocycles. The number of ketones is 2. The molecule has 2 N–H and O–H groups in total. The van der Waals surface area contributed by atoms with E-state index in [0.29, 0.717) is 10.8 Å². The van der Waals surface area contributed by atoms with E-state index in [0.717, 1.165) is 6.07 Å². The van der Waals surface area contributed by atoms with Crippen LogP contribution in [0.3, 0.4) is 0 Å². The Balaban J connectivity index is 2.58. The smallest absolute Gasteiger partial charge is 0.285 e. The molecule has 0 unspecified atom stereocenters. The molecule has 0 aromatic heterocycles. The molecule has 0 spiro atoms. The zero-order valence-electron chi connectivity index (χ0n) is 11.6. The van der Waals surface area contributed by atoms with Gasteiger partial charge in [0, 0.05) is 11.1 Å². The predicted octanol–water partition coefficient (Wildman–Crippen LogP) is 1.05. The lowest BCUT2D eigenvalue weighted by Gasteiger charge is -2.19. The molecule has 0 bridgehead atoms. The van der Waals surface area contributed by atoms with E-state index in [1.165, 1.54) is 6.07 Å². The first-order chi connectivity index (χ1) is 11.0. The van der Waals surface area contributed by atoms with Crippen LogP contribution in [-0.2, 0) is 25.0 Å². The zero-order chi connectivity index (χ0) is 17.9. The van der Waals surface area contributed by atoms with Crippen molar-refractivity contribution in [3.05, 3.63) is 52.4 Å². The molecule has 0 radical (unpaired) electrons. The first kappa shape index (κ1) is 16.5. The van der Waals surface area contributed by atoms with Crippen LogP contribution in [0.5, 0.6) is 0 Å². The molecule has 0 atom stereocenters. The lowest BCUT2D eigenvalue weighted by molar-refractivity contribution is -0.111. The molecule has 0 saturated heterocycles. The van der Waals surface area contributed by atoms with Gasteiger partial charge in [0.25, 0.3) is 20.2 Å². The van der Waals surface area contributed by atoms with Gasteiger partial charge < -0.3 is 0 Å². The van der Waals surface area contributed by atoms with E-state index in [1.54, 1.807) is 24.3 Å². The summed E-state index contributed by atoms with van der Waals surface area (Å²) in [5.41, 5.74) is -0.841. The molecule has 0 amide bonds. The van der Waals surface area contributed by atoms with E-state index in [-0.39, 0.29) is 5.56 Å². The maximum Gasteiger partial charge on any atom is 0.300 e. The van der Waals surface area contributed by atoms with Crippen molar-refractivity contribution < 1.29 is 35.5 Å². The summed E-state index contributed by atoms with van der Waals surface area (Å²) < 4.78 is 64.7. The first-order valence-electron chi connectivity index (χ1n) is 6.33. The summed E-state index contributed by atoms with van der Waals surface area (Å²) in [6, 6.07) is 8.80. The molecular weight excluding hydrogens is 360 g/mol. The van der Waals surface area contributed by atoms with Crippen LogP contribution >= 0.6 is 0 Å². The van der Waals surface area contributed by atoms with Crippen molar-refractivity contribution >= 4 is 47.5 Å². The third kappa shape index (κ3) is 2.45. The van der Waals surface area contributed by atoms with Gasteiger partial charge in [0.1, 0.15) is 4.91 Å². The largest absolute Gasteiger partial charge is 0.300 e. The standard InChI is InChI=1S/C14H8O8S2/c15-11-9-5-7-3-1-2-4-8(7)6-10(9)13(23(17,18)19)14(12(11)16)24(20,21)22/h1-6H,(H,17,18,19)(H,20,21,22). The lowest BCUT2D eigenvalue weighted by atomic mass is 9.92. The Kier molecular flexibility index (Phi) is 3.46. The van der Waals surface area contributed by atoms with Crippen LogP contribution in [0.1, 0.15) is 15.9 Å². The van der Waals surface area contributed by atoms with Crippen molar-refractivity contribution in [1.82, 2.24) is 0 Å². The number of carbonyl (C=O) groups excluding carboxylic acids is 2. The quantitative estimate of drug-likeness (QED) is 0.591. The van der Waals surface area contributed by atoms with E-state index >= 15 is 0 Å². The van der Waals surface area contributed by atoms with E-state index in [9.17, 15) is 31.0 Å². The van der Waals surface area contributed by atoms with Crippen molar-refractivity contribution in [3.8, 4) is 0 Å². The van der Waals surface area contributed by atoms with Crippen LogP contribution in [-0.4, -0.2) is 37.5 Å². The fraction of sp³-hybridized carbons (Fsp3) is 0. The highest BCUT2D eigenvalue weighted by Gasteiger charge is 2.43. The van der Waals surface area contributed by atoms with Gasteiger partial charge in [-0.25, -0.2) is 0 Å². The zero-order valence-corrected chi connectivity index (χ0v) is 13.3. The molecule has 3 rings (SSSR count). The molecule has 10 heteroatoms. The Bertz CT molecular complexity index is 1170. The van der Waals surface area contributed by atoms with E-state index < -0.39 is 47.2 Å². The van der Waals surface area contributed by atoms with Gasteiger partial charge in [0.05, 0.1) is 0 Å². The van der Waals surface area contributed by atoms with Gasteiger partial charge in [-0.1, -0.05) is 24.3 Å². The maximum absolute atomic E-state index is 12.2. The summed E-state index contributed by atoms with van der Waals surface area (Å²) in [6.07, 6.45) is 0. The van der Waals surface area contributed by atoms with Crippen LogP contribution in [0, 0.1) is 0 Å². The highest BCUT2D eigenvalue weighted by atomic mass is 32.2. The maximum atomic E-state index is 12.2. The van der Waals surface area contributed by atoms with E-state index in [4.69, 9.17) is 4.55 Å². The summed E-state index contributed by atoms with van der Waals surface area (Å²) in [5, 5.41) is 0.941. The normalized spacial score (nSPS) is 15.8. The van der Waals surface area contributed by atoms with Crippen LogP contribution in [0.2, 0.25) is 0 Å². The van der Waals surface area contributed by atoms with Gasteiger partial charge in [-0.3, -0.25) is 18.7 Å². The van der Waals surface area contributed by atoms with E-state index in [2.05, 4.69) is 0 Å². The van der Waals surface area contributed by atoms with Crippen molar-refractivity contribution in [2.45, 2.75) is 0 Å². The Hall–Kier alpha value is -2.40. The number of rotatable bonds is 2. The van der Waals surface area contributed by atoms with Gasteiger partial charge >= 0.3 is 0 Å². The number of hydrogen-bond acceptors (Lipinski definition) is 6.